The summed E-state index contributed by atoms with van der Waals surface area (Å²) in [5, 5.41) is 3.96. The van der Waals surface area contributed by atoms with Crippen molar-refractivity contribution in [3.05, 3.63) is 70.2 Å². The molecule has 0 bridgehead atoms. The third kappa shape index (κ3) is 4.24. The molecule has 0 heterocycles. The van der Waals surface area contributed by atoms with Crippen LogP contribution < -0.4 is 5.43 Å². The van der Waals surface area contributed by atoms with Gasteiger partial charge >= 0.3 is 0 Å². The van der Waals surface area contributed by atoms with E-state index < -0.39 is 6.10 Å². The molecule has 1 atom stereocenters. The normalized spacial score (nSPS) is 12.3. The zero-order valence-corrected chi connectivity index (χ0v) is 13.1. The predicted molar refractivity (Wildman–Crippen MR) is 86.1 cm³/mol. The van der Waals surface area contributed by atoms with Gasteiger partial charge < -0.3 is 4.74 Å². The smallest absolute Gasteiger partial charge is 0.273 e. The number of amides is 1. The van der Waals surface area contributed by atoms with E-state index in [1.807, 2.05) is 54.6 Å². The maximum absolute atomic E-state index is 12.1. The summed E-state index contributed by atoms with van der Waals surface area (Å²) in [5.74, 6) is -0.313. The van der Waals surface area contributed by atoms with Crippen molar-refractivity contribution in [2.45, 2.75) is 6.10 Å². The van der Waals surface area contributed by atoms with Crippen LogP contribution in [-0.2, 0) is 9.53 Å². The minimum atomic E-state index is -0.678. The Bertz CT molecular complexity index is 629. The number of methoxy groups -OCH3 is 1. The fraction of sp³-hybridized carbons (Fsp3) is 0.125. The molecule has 0 aromatic heterocycles. The van der Waals surface area contributed by atoms with Crippen LogP contribution in [0.15, 0.2) is 64.2 Å². The van der Waals surface area contributed by atoms with Gasteiger partial charge in [0.15, 0.2) is 6.10 Å². The highest BCUT2D eigenvalue weighted by Gasteiger charge is 2.18. The van der Waals surface area contributed by atoms with Crippen molar-refractivity contribution in [3.63, 3.8) is 0 Å². The van der Waals surface area contributed by atoms with Crippen molar-refractivity contribution >= 4 is 28.1 Å². The molecule has 0 aliphatic carbocycles. The van der Waals surface area contributed by atoms with Crippen LogP contribution in [0.5, 0.6) is 0 Å². The van der Waals surface area contributed by atoms with E-state index in [1.54, 1.807) is 6.21 Å². The highest BCUT2D eigenvalue weighted by Crippen LogP contribution is 2.16. The maximum Gasteiger partial charge on any atom is 0.273 e. The number of nitrogens with zero attached hydrogens (tertiary/aromatic N) is 1. The van der Waals surface area contributed by atoms with Gasteiger partial charge in [-0.05, 0) is 11.6 Å². The monoisotopic (exact) mass is 346 g/mol. The Morgan fingerprint density at radius 3 is 2.52 bits per heavy atom. The van der Waals surface area contributed by atoms with Crippen LogP contribution >= 0.6 is 15.9 Å². The van der Waals surface area contributed by atoms with E-state index in [1.165, 1.54) is 7.11 Å². The summed E-state index contributed by atoms with van der Waals surface area (Å²) in [6, 6.07) is 16.9. The first kappa shape index (κ1) is 15.4. The Kier molecular flexibility index (Phi) is 5.66. The molecule has 1 N–H and O–H groups in total. The van der Waals surface area contributed by atoms with Gasteiger partial charge in [-0.1, -0.05) is 64.5 Å². The predicted octanol–water partition coefficient (Wildman–Crippen LogP) is 3.29. The SMILES string of the molecule is COC(C(=O)N/N=C/c1ccccc1Br)c1ccccc1. The molecule has 0 saturated carbocycles. The lowest BCUT2D eigenvalue weighted by atomic mass is 10.1. The highest BCUT2D eigenvalue weighted by atomic mass is 79.9. The van der Waals surface area contributed by atoms with Crippen LogP contribution in [0.2, 0.25) is 0 Å². The summed E-state index contributed by atoms with van der Waals surface area (Å²) in [5.41, 5.74) is 4.16. The molecule has 108 valence electrons. The Labute approximate surface area is 132 Å². The number of hydrazone groups is 1. The van der Waals surface area contributed by atoms with Crippen LogP contribution in [0.1, 0.15) is 17.2 Å². The van der Waals surface area contributed by atoms with Crippen molar-refractivity contribution in [1.82, 2.24) is 5.43 Å². The minimum absolute atomic E-state index is 0.313. The number of rotatable bonds is 5. The van der Waals surface area contributed by atoms with Gasteiger partial charge in [0.25, 0.3) is 5.91 Å². The molecule has 1 amide bonds. The number of hydrogen-bond donors (Lipinski definition) is 1. The molecule has 1 unspecified atom stereocenters. The molecule has 0 fully saturated rings. The van der Waals surface area contributed by atoms with E-state index in [-0.39, 0.29) is 5.91 Å². The molecular weight excluding hydrogens is 332 g/mol. The van der Waals surface area contributed by atoms with Gasteiger partial charge in [0, 0.05) is 17.1 Å². The molecule has 0 radical (unpaired) electrons. The quantitative estimate of drug-likeness (QED) is 0.667. The summed E-state index contributed by atoms with van der Waals surface area (Å²) in [4.78, 5) is 12.1. The number of carbonyl (C=O) groups is 1. The third-order valence-corrected chi connectivity index (χ3v) is 3.58. The summed E-state index contributed by atoms with van der Waals surface area (Å²) < 4.78 is 6.14. The first-order chi connectivity index (χ1) is 10.2. The van der Waals surface area contributed by atoms with Gasteiger partial charge in [0.1, 0.15) is 0 Å². The minimum Gasteiger partial charge on any atom is -0.367 e. The molecule has 2 aromatic rings. The lowest BCUT2D eigenvalue weighted by Crippen LogP contribution is -2.26. The standard InChI is InChI=1S/C16H15BrN2O2/c1-21-15(12-7-3-2-4-8-12)16(20)19-18-11-13-9-5-6-10-14(13)17/h2-11,15H,1H3,(H,19,20)/b18-11+. The van der Waals surface area contributed by atoms with Gasteiger partial charge in [0.2, 0.25) is 0 Å². The Hall–Kier alpha value is -1.98. The molecule has 0 aliphatic rings. The summed E-state index contributed by atoms with van der Waals surface area (Å²) >= 11 is 3.41. The third-order valence-electron chi connectivity index (χ3n) is 2.86. The number of hydrogen-bond acceptors (Lipinski definition) is 3. The Morgan fingerprint density at radius 2 is 1.86 bits per heavy atom. The molecule has 2 aromatic carbocycles. The van der Waals surface area contributed by atoms with Gasteiger partial charge in [-0.2, -0.15) is 5.10 Å². The van der Waals surface area contributed by atoms with Crippen molar-refractivity contribution in [3.8, 4) is 0 Å². The molecule has 2 rings (SSSR count). The van der Waals surface area contributed by atoms with Crippen LogP contribution in [0.3, 0.4) is 0 Å². The maximum atomic E-state index is 12.1. The average Bonchev–Trinajstić information content (AvgIpc) is 2.51. The van der Waals surface area contributed by atoms with E-state index >= 15 is 0 Å². The summed E-state index contributed by atoms with van der Waals surface area (Å²) in [6.45, 7) is 0. The van der Waals surface area contributed by atoms with Crippen LogP contribution in [0, 0.1) is 0 Å². The lowest BCUT2D eigenvalue weighted by molar-refractivity contribution is -0.131. The first-order valence-corrected chi connectivity index (χ1v) is 7.17. The van der Waals surface area contributed by atoms with Gasteiger partial charge in [-0.15, -0.1) is 0 Å². The van der Waals surface area contributed by atoms with Crippen LogP contribution in [0.4, 0.5) is 0 Å². The summed E-state index contributed by atoms with van der Waals surface area (Å²) in [7, 11) is 1.49. The fourth-order valence-corrected chi connectivity index (χ4v) is 2.21. The second kappa shape index (κ2) is 7.71. The molecule has 0 saturated heterocycles. The van der Waals surface area contributed by atoms with Crippen LogP contribution in [-0.4, -0.2) is 19.2 Å². The largest absolute Gasteiger partial charge is 0.367 e. The molecule has 4 nitrogen and oxygen atoms in total. The Balaban J connectivity index is 2.02. The van der Waals surface area contributed by atoms with E-state index in [0.717, 1.165) is 15.6 Å². The van der Waals surface area contributed by atoms with E-state index in [9.17, 15) is 4.79 Å². The van der Waals surface area contributed by atoms with Crippen molar-refractivity contribution in [2.24, 2.45) is 5.10 Å². The van der Waals surface area contributed by atoms with Gasteiger partial charge in [-0.25, -0.2) is 5.43 Å². The number of halogens is 1. The average molecular weight is 347 g/mol. The molecule has 5 heteroatoms. The fourth-order valence-electron chi connectivity index (χ4n) is 1.83. The van der Waals surface area contributed by atoms with Gasteiger partial charge in [-0.3, -0.25) is 4.79 Å². The molecule has 21 heavy (non-hydrogen) atoms. The number of benzene rings is 2. The molecule has 0 spiro atoms. The van der Waals surface area contributed by atoms with E-state index in [4.69, 9.17) is 4.74 Å². The second-order valence-corrected chi connectivity index (χ2v) is 5.14. The van der Waals surface area contributed by atoms with Crippen LogP contribution in [0.25, 0.3) is 0 Å². The molecule has 0 aliphatic heterocycles. The zero-order valence-electron chi connectivity index (χ0n) is 11.5. The highest BCUT2D eigenvalue weighted by molar-refractivity contribution is 9.10. The number of ether oxygens (including phenoxy) is 1. The number of carbonyl (C=O) groups excluding carboxylic acids is 1. The lowest BCUT2D eigenvalue weighted by Gasteiger charge is -2.13. The van der Waals surface area contributed by atoms with Crippen molar-refractivity contribution in [1.29, 1.82) is 0 Å². The van der Waals surface area contributed by atoms with E-state index in [0.29, 0.717) is 0 Å². The summed E-state index contributed by atoms with van der Waals surface area (Å²) in [6.07, 6.45) is 0.905. The first-order valence-electron chi connectivity index (χ1n) is 6.37. The molecular formula is C16H15BrN2O2. The van der Waals surface area contributed by atoms with Crippen molar-refractivity contribution in [2.75, 3.05) is 7.11 Å². The Morgan fingerprint density at radius 1 is 1.19 bits per heavy atom. The van der Waals surface area contributed by atoms with Gasteiger partial charge in [0.05, 0.1) is 6.21 Å². The van der Waals surface area contributed by atoms with Crippen molar-refractivity contribution < 1.29 is 9.53 Å². The topological polar surface area (TPSA) is 50.7 Å². The van der Waals surface area contributed by atoms with E-state index in [2.05, 4.69) is 26.5 Å². The number of nitrogens with one attached hydrogen (secondary N) is 1. The second-order valence-electron chi connectivity index (χ2n) is 4.28. The zero-order chi connectivity index (χ0) is 15.1.